The van der Waals surface area contributed by atoms with Crippen LogP contribution < -0.4 is 0 Å². The van der Waals surface area contributed by atoms with Crippen LogP contribution in [0.25, 0.3) is 0 Å². The average molecular weight is 359 g/mol. The molecule has 0 saturated carbocycles. The van der Waals surface area contributed by atoms with Crippen molar-refractivity contribution in [1.29, 1.82) is 0 Å². The molecule has 4 rings (SSSR count). The smallest absolute Gasteiger partial charge is 0.230 e. The van der Waals surface area contributed by atoms with E-state index in [9.17, 15) is 9.59 Å². The van der Waals surface area contributed by atoms with Gasteiger partial charge in [0.05, 0.1) is 12.0 Å². The van der Waals surface area contributed by atoms with Gasteiger partial charge < -0.3 is 9.80 Å². The lowest BCUT2D eigenvalue weighted by molar-refractivity contribution is -0.134. The lowest BCUT2D eigenvalue weighted by atomic mass is 9.98. The van der Waals surface area contributed by atoms with Crippen molar-refractivity contribution in [3.8, 4) is 0 Å². The van der Waals surface area contributed by atoms with Crippen LogP contribution >= 0.6 is 11.8 Å². The number of likely N-dealkylation sites (tertiary alicyclic amines) is 1. The van der Waals surface area contributed by atoms with Gasteiger partial charge in [-0.25, -0.2) is 0 Å². The molecule has 4 nitrogen and oxygen atoms in total. The van der Waals surface area contributed by atoms with Gasteiger partial charge in [0.15, 0.2) is 5.78 Å². The van der Waals surface area contributed by atoms with Gasteiger partial charge in [0.25, 0.3) is 0 Å². The molecule has 1 amide bonds. The Bertz CT molecular complexity index is 684. The lowest BCUT2D eigenvalue weighted by Gasteiger charge is -2.39. The molecule has 2 saturated heterocycles. The molecule has 0 bridgehead atoms. The number of aryl methyl sites for hydroxylation is 1. The zero-order valence-electron chi connectivity index (χ0n) is 14.9. The van der Waals surface area contributed by atoms with Gasteiger partial charge in [0.1, 0.15) is 0 Å². The van der Waals surface area contributed by atoms with Crippen molar-refractivity contribution < 1.29 is 9.59 Å². The van der Waals surface area contributed by atoms with E-state index in [4.69, 9.17) is 0 Å². The molecule has 134 valence electrons. The van der Waals surface area contributed by atoms with Crippen molar-refractivity contribution in [3.63, 3.8) is 0 Å². The molecule has 2 atom stereocenters. The molecule has 5 heteroatoms. The number of Topliss-reactive ketones (excluding diaryl/α,β-unsaturated/α-hetero) is 1. The van der Waals surface area contributed by atoms with Gasteiger partial charge in [-0.05, 0) is 44.5 Å². The zero-order valence-corrected chi connectivity index (χ0v) is 15.7. The van der Waals surface area contributed by atoms with Gasteiger partial charge in [-0.1, -0.05) is 17.7 Å². The zero-order chi connectivity index (χ0) is 17.4. The van der Waals surface area contributed by atoms with E-state index < -0.39 is 0 Å². The maximum absolute atomic E-state index is 13.3. The van der Waals surface area contributed by atoms with Crippen LogP contribution in [0.15, 0.2) is 18.2 Å². The van der Waals surface area contributed by atoms with Crippen LogP contribution in [0.2, 0.25) is 0 Å². The van der Waals surface area contributed by atoms with Crippen molar-refractivity contribution in [3.05, 3.63) is 34.9 Å². The first-order valence-corrected chi connectivity index (χ1v) is 10.5. The third kappa shape index (κ3) is 3.36. The fourth-order valence-electron chi connectivity index (χ4n) is 4.40. The summed E-state index contributed by atoms with van der Waals surface area (Å²) >= 11 is 1.95. The number of hydrogen-bond donors (Lipinski definition) is 0. The predicted octanol–water partition coefficient (Wildman–Crippen LogP) is 2.70. The minimum absolute atomic E-state index is 0.125. The van der Waals surface area contributed by atoms with E-state index in [1.54, 1.807) is 0 Å². The second kappa shape index (κ2) is 7.12. The monoisotopic (exact) mass is 358 g/mol. The Hall–Kier alpha value is -1.33. The molecule has 2 aliphatic heterocycles. The van der Waals surface area contributed by atoms with Crippen molar-refractivity contribution in [2.45, 2.75) is 38.1 Å². The van der Waals surface area contributed by atoms with Crippen LogP contribution in [0.5, 0.6) is 0 Å². The number of carbonyl (C=O) groups is 2. The van der Waals surface area contributed by atoms with Gasteiger partial charge in [0.2, 0.25) is 5.91 Å². The molecule has 0 N–H and O–H groups in total. The van der Waals surface area contributed by atoms with E-state index in [1.165, 1.54) is 12.8 Å². The number of amides is 1. The van der Waals surface area contributed by atoms with Crippen LogP contribution in [-0.2, 0) is 4.79 Å². The molecule has 1 aromatic rings. The Morgan fingerprint density at radius 2 is 2.04 bits per heavy atom. The molecule has 0 radical (unpaired) electrons. The summed E-state index contributed by atoms with van der Waals surface area (Å²) in [4.78, 5) is 30.3. The average Bonchev–Trinajstić information content (AvgIpc) is 3.23. The highest BCUT2D eigenvalue weighted by molar-refractivity contribution is 7.99. The van der Waals surface area contributed by atoms with E-state index in [1.807, 2.05) is 36.9 Å². The van der Waals surface area contributed by atoms with E-state index in [-0.39, 0.29) is 23.7 Å². The first-order valence-electron chi connectivity index (χ1n) is 9.38. The fourth-order valence-corrected chi connectivity index (χ4v) is 5.45. The van der Waals surface area contributed by atoms with Crippen LogP contribution in [0.4, 0.5) is 0 Å². The summed E-state index contributed by atoms with van der Waals surface area (Å²) < 4.78 is 0. The molecular formula is C20H26N2O2S. The van der Waals surface area contributed by atoms with Gasteiger partial charge in [0, 0.05) is 36.6 Å². The SMILES string of the molecule is Cc1ccc2c(c1)C(=O)CC2C(=O)N1CCSCC1CN1CCCC1. The highest BCUT2D eigenvalue weighted by Gasteiger charge is 2.39. The second-order valence-corrected chi connectivity index (χ2v) is 8.69. The maximum Gasteiger partial charge on any atom is 0.230 e. The number of ketones is 1. The Morgan fingerprint density at radius 1 is 1.24 bits per heavy atom. The van der Waals surface area contributed by atoms with Crippen molar-refractivity contribution >= 4 is 23.5 Å². The van der Waals surface area contributed by atoms with Crippen molar-refractivity contribution in [1.82, 2.24) is 9.80 Å². The molecule has 2 heterocycles. The largest absolute Gasteiger partial charge is 0.336 e. The highest BCUT2D eigenvalue weighted by Crippen LogP contribution is 2.36. The molecule has 0 spiro atoms. The first kappa shape index (κ1) is 17.1. The number of fused-ring (bicyclic) bond motifs is 1. The molecule has 3 aliphatic rings. The summed E-state index contributed by atoms with van der Waals surface area (Å²) in [6.45, 7) is 6.12. The molecule has 1 aromatic carbocycles. The number of rotatable bonds is 3. The van der Waals surface area contributed by atoms with Gasteiger partial charge in [-0.3, -0.25) is 9.59 Å². The summed E-state index contributed by atoms with van der Waals surface area (Å²) in [7, 11) is 0. The summed E-state index contributed by atoms with van der Waals surface area (Å²) in [5, 5.41) is 0. The Labute approximate surface area is 153 Å². The normalized spacial score (nSPS) is 26.9. The highest BCUT2D eigenvalue weighted by atomic mass is 32.2. The van der Waals surface area contributed by atoms with Crippen LogP contribution in [0, 0.1) is 6.92 Å². The van der Waals surface area contributed by atoms with Gasteiger partial charge >= 0.3 is 0 Å². The quantitative estimate of drug-likeness (QED) is 0.833. The van der Waals surface area contributed by atoms with Gasteiger partial charge in [-0.15, -0.1) is 0 Å². The van der Waals surface area contributed by atoms with Gasteiger partial charge in [-0.2, -0.15) is 11.8 Å². The second-order valence-electron chi connectivity index (χ2n) is 7.54. The topological polar surface area (TPSA) is 40.6 Å². The van der Waals surface area contributed by atoms with Crippen LogP contribution in [0.1, 0.15) is 46.7 Å². The molecule has 2 fully saturated rings. The summed E-state index contributed by atoms with van der Waals surface area (Å²) in [6, 6.07) is 6.24. The summed E-state index contributed by atoms with van der Waals surface area (Å²) in [5.41, 5.74) is 2.79. The molecule has 2 unspecified atom stereocenters. The first-order chi connectivity index (χ1) is 12.1. The number of benzene rings is 1. The Balaban J connectivity index is 1.54. The van der Waals surface area contributed by atoms with E-state index >= 15 is 0 Å². The maximum atomic E-state index is 13.3. The molecule has 1 aliphatic carbocycles. The number of carbonyl (C=O) groups excluding carboxylic acids is 2. The van der Waals surface area contributed by atoms with Crippen molar-refractivity contribution in [2.75, 3.05) is 37.7 Å². The van der Waals surface area contributed by atoms with E-state index in [2.05, 4.69) is 9.80 Å². The predicted molar refractivity (Wildman–Crippen MR) is 101 cm³/mol. The Kier molecular flexibility index (Phi) is 4.87. The van der Waals surface area contributed by atoms with E-state index in [0.29, 0.717) is 6.42 Å². The fraction of sp³-hybridized carbons (Fsp3) is 0.600. The number of nitrogens with zero attached hydrogens (tertiary/aromatic N) is 2. The third-order valence-electron chi connectivity index (χ3n) is 5.75. The van der Waals surface area contributed by atoms with E-state index in [0.717, 1.165) is 54.4 Å². The van der Waals surface area contributed by atoms with Crippen LogP contribution in [-0.4, -0.2) is 65.2 Å². The van der Waals surface area contributed by atoms with Crippen LogP contribution in [0.3, 0.4) is 0 Å². The lowest BCUT2D eigenvalue weighted by Crippen LogP contribution is -2.52. The standard InChI is InChI=1S/C20H26N2O2S/c1-14-4-5-16-17(10-14)19(23)11-18(16)20(24)22-8-9-25-13-15(22)12-21-6-2-3-7-21/h4-5,10,15,18H,2-3,6-9,11-13H2,1H3. The number of hydrogen-bond acceptors (Lipinski definition) is 4. The number of thioether (sulfide) groups is 1. The molecule has 25 heavy (non-hydrogen) atoms. The summed E-state index contributed by atoms with van der Waals surface area (Å²) in [6.07, 6.45) is 2.90. The third-order valence-corrected chi connectivity index (χ3v) is 6.84. The minimum Gasteiger partial charge on any atom is -0.336 e. The minimum atomic E-state index is -0.271. The Morgan fingerprint density at radius 3 is 2.84 bits per heavy atom. The summed E-state index contributed by atoms with van der Waals surface area (Å²) in [5.74, 6) is 2.04. The molecular weight excluding hydrogens is 332 g/mol. The molecule has 0 aromatic heterocycles. The van der Waals surface area contributed by atoms with Crippen molar-refractivity contribution in [2.24, 2.45) is 0 Å².